The molecule has 0 spiro atoms. The first-order chi connectivity index (χ1) is 12.0. The number of halogens is 1. The lowest BCUT2D eigenvalue weighted by molar-refractivity contribution is 0.0697. The third-order valence-electron chi connectivity index (χ3n) is 3.33. The zero-order valence-corrected chi connectivity index (χ0v) is 14.6. The summed E-state index contributed by atoms with van der Waals surface area (Å²) < 4.78 is 15.9. The van der Waals surface area contributed by atoms with E-state index >= 15 is 0 Å². The number of hydrazone groups is 1. The molecule has 0 radical (unpaired) electrons. The second-order valence-electron chi connectivity index (χ2n) is 4.79. The van der Waals surface area contributed by atoms with Gasteiger partial charge in [-0.15, -0.1) is 0 Å². The molecule has 0 aliphatic carbocycles. The fraction of sp³-hybridized carbons (Fsp3) is 0.176. The van der Waals surface area contributed by atoms with Crippen molar-refractivity contribution >= 4 is 29.5 Å². The summed E-state index contributed by atoms with van der Waals surface area (Å²) in [6.07, 6.45) is 1.52. The first kappa shape index (κ1) is 18.4. The van der Waals surface area contributed by atoms with E-state index in [9.17, 15) is 4.79 Å². The van der Waals surface area contributed by atoms with E-state index in [1.807, 2.05) is 0 Å². The van der Waals surface area contributed by atoms with Crippen LogP contribution in [0.2, 0.25) is 5.02 Å². The van der Waals surface area contributed by atoms with Gasteiger partial charge in [0.2, 0.25) is 5.75 Å². The number of aromatic carboxylic acids is 1. The molecule has 0 saturated carbocycles. The van der Waals surface area contributed by atoms with Gasteiger partial charge in [0.25, 0.3) is 0 Å². The van der Waals surface area contributed by atoms with Crippen molar-refractivity contribution in [3.63, 3.8) is 0 Å². The smallest absolute Gasteiger partial charge is 0.337 e. The summed E-state index contributed by atoms with van der Waals surface area (Å²) in [4.78, 5) is 11.1. The third-order valence-corrected chi connectivity index (χ3v) is 3.66. The number of methoxy groups -OCH3 is 3. The van der Waals surface area contributed by atoms with Crippen LogP contribution in [0.15, 0.2) is 35.4 Å². The topological polar surface area (TPSA) is 89.4 Å². The Hall–Kier alpha value is -2.93. The molecule has 0 bridgehead atoms. The minimum Gasteiger partial charge on any atom is -0.493 e. The maximum absolute atomic E-state index is 11.1. The van der Waals surface area contributed by atoms with E-state index in [1.54, 1.807) is 18.2 Å². The number of nitrogens with zero attached hydrogens (tertiary/aromatic N) is 1. The Morgan fingerprint density at radius 1 is 1.12 bits per heavy atom. The summed E-state index contributed by atoms with van der Waals surface area (Å²) in [7, 11) is 4.56. The maximum atomic E-state index is 11.1. The van der Waals surface area contributed by atoms with Crippen LogP contribution in [-0.4, -0.2) is 38.6 Å². The van der Waals surface area contributed by atoms with Gasteiger partial charge in [-0.2, -0.15) is 5.10 Å². The number of carbonyl (C=O) groups is 1. The first-order valence-corrected chi connectivity index (χ1v) is 7.50. The third kappa shape index (κ3) is 4.13. The normalized spacial score (nSPS) is 10.6. The van der Waals surface area contributed by atoms with Gasteiger partial charge in [-0.25, -0.2) is 4.79 Å². The van der Waals surface area contributed by atoms with E-state index in [-0.39, 0.29) is 10.6 Å². The molecule has 0 aromatic heterocycles. The van der Waals surface area contributed by atoms with Gasteiger partial charge in [0.1, 0.15) is 0 Å². The fourth-order valence-corrected chi connectivity index (χ4v) is 2.36. The first-order valence-electron chi connectivity index (χ1n) is 7.12. The SMILES string of the molecule is COc1ccc(/C=N\Nc2ccc(Cl)c(C(=O)O)c2)c(OC)c1OC. The molecule has 0 atom stereocenters. The molecule has 2 rings (SSSR count). The number of carboxylic acids is 1. The molecule has 2 aromatic rings. The standard InChI is InChI=1S/C17H17ClN2O5/c1-23-14-7-4-10(15(24-2)16(14)25-3)9-19-20-11-5-6-13(18)12(8-11)17(21)22/h4-9,20H,1-3H3,(H,21,22)/b19-9-. The molecule has 2 aromatic carbocycles. The average Bonchev–Trinajstić information content (AvgIpc) is 2.62. The van der Waals surface area contributed by atoms with E-state index < -0.39 is 5.97 Å². The van der Waals surface area contributed by atoms with Gasteiger partial charge in [0.05, 0.1) is 43.8 Å². The number of nitrogens with one attached hydrogen (secondary N) is 1. The van der Waals surface area contributed by atoms with Crippen LogP contribution >= 0.6 is 11.6 Å². The highest BCUT2D eigenvalue weighted by atomic mass is 35.5. The van der Waals surface area contributed by atoms with E-state index in [1.165, 1.54) is 39.7 Å². The highest BCUT2D eigenvalue weighted by Gasteiger charge is 2.14. The zero-order valence-electron chi connectivity index (χ0n) is 13.9. The summed E-state index contributed by atoms with van der Waals surface area (Å²) in [5.74, 6) is 0.343. The Labute approximate surface area is 149 Å². The lowest BCUT2D eigenvalue weighted by Crippen LogP contribution is -2.00. The molecule has 25 heavy (non-hydrogen) atoms. The number of hydrogen-bond donors (Lipinski definition) is 2. The Morgan fingerprint density at radius 2 is 1.84 bits per heavy atom. The van der Waals surface area contributed by atoms with Crippen molar-refractivity contribution < 1.29 is 24.1 Å². The molecule has 0 saturated heterocycles. The van der Waals surface area contributed by atoms with Crippen LogP contribution in [0, 0.1) is 0 Å². The predicted molar refractivity (Wildman–Crippen MR) is 95.7 cm³/mol. The van der Waals surface area contributed by atoms with Crippen LogP contribution < -0.4 is 19.6 Å². The Balaban J connectivity index is 2.26. The quantitative estimate of drug-likeness (QED) is 0.577. The number of hydrogen-bond acceptors (Lipinski definition) is 6. The van der Waals surface area contributed by atoms with Gasteiger partial charge >= 0.3 is 5.97 Å². The van der Waals surface area contributed by atoms with Crippen molar-refractivity contribution in [2.24, 2.45) is 5.10 Å². The van der Waals surface area contributed by atoms with Crippen LogP contribution in [0.1, 0.15) is 15.9 Å². The number of benzene rings is 2. The Bertz CT molecular complexity index is 808. The van der Waals surface area contributed by atoms with Crippen molar-refractivity contribution in [1.29, 1.82) is 0 Å². The molecule has 0 unspecified atom stereocenters. The molecule has 0 heterocycles. The van der Waals surface area contributed by atoms with Gasteiger partial charge in [-0.1, -0.05) is 11.6 Å². The highest BCUT2D eigenvalue weighted by Crippen LogP contribution is 2.39. The van der Waals surface area contributed by atoms with Crippen molar-refractivity contribution in [3.05, 3.63) is 46.5 Å². The van der Waals surface area contributed by atoms with E-state index in [2.05, 4.69) is 10.5 Å². The second kappa shape index (κ2) is 8.25. The highest BCUT2D eigenvalue weighted by molar-refractivity contribution is 6.33. The second-order valence-corrected chi connectivity index (χ2v) is 5.20. The summed E-state index contributed by atoms with van der Waals surface area (Å²) >= 11 is 5.83. The summed E-state index contributed by atoms with van der Waals surface area (Å²) in [5.41, 5.74) is 3.88. The minimum absolute atomic E-state index is 0.00874. The van der Waals surface area contributed by atoms with Crippen molar-refractivity contribution in [2.45, 2.75) is 0 Å². The van der Waals surface area contributed by atoms with E-state index in [4.69, 9.17) is 30.9 Å². The number of ether oxygens (including phenoxy) is 3. The number of anilines is 1. The van der Waals surface area contributed by atoms with Crippen molar-refractivity contribution in [3.8, 4) is 17.2 Å². The summed E-state index contributed by atoms with van der Waals surface area (Å²) in [6, 6.07) is 8.00. The molecule has 8 heteroatoms. The average molecular weight is 365 g/mol. The monoisotopic (exact) mass is 364 g/mol. The predicted octanol–water partition coefficient (Wildman–Crippen LogP) is 3.51. The van der Waals surface area contributed by atoms with Crippen LogP contribution in [0.3, 0.4) is 0 Å². The molecule has 132 valence electrons. The van der Waals surface area contributed by atoms with Gasteiger partial charge < -0.3 is 19.3 Å². The van der Waals surface area contributed by atoms with E-state index in [0.717, 1.165) is 0 Å². The number of carboxylic acid groups (broad SMARTS) is 1. The van der Waals surface area contributed by atoms with Gasteiger partial charge in [0, 0.05) is 5.56 Å². The number of rotatable bonds is 7. The molecule has 0 aliphatic heterocycles. The molecular formula is C17H17ClN2O5. The lowest BCUT2D eigenvalue weighted by Gasteiger charge is -2.13. The zero-order chi connectivity index (χ0) is 18.4. The van der Waals surface area contributed by atoms with Crippen molar-refractivity contribution in [2.75, 3.05) is 26.8 Å². The van der Waals surface area contributed by atoms with Gasteiger partial charge in [0.15, 0.2) is 11.5 Å². The van der Waals surface area contributed by atoms with Crippen LogP contribution in [0.5, 0.6) is 17.2 Å². The molecule has 7 nitrogen and oxygen atoms in total. The van der Waals surface area contributed by atoms with Gasteiger partial charge in [-0.05, 0) is 30.3 Å². The van der Waals surface area contributed by atoms with Crippen LogP contribution in [0.4, 0.5) is 5.69 Å². The van der Waals surface area contributed by atoms with Crippen LogP contribution in [-0.2, 0) is 0 Å². The molecule has 0 amide bonds. The summed E-state index contributed by atoms with van der Waals surface area (Å²) in [5, 5.41) is 13.3. The van der Waals surface area contributed by atoms with Gasteiger partial charge in [-0.3, -0.25) is 5.43 Å². The largest absolute Gasteiger partial charge is 0.493 e. The summed E-state index contributed by atoms with van der Waals surface area (Å²) in [6.45, 7) is 0. The maximum Gasteiger partial charge on any atom is 0.337 e. The van der Waals surface area contributed by atoms with Crippen LogP contribution in [0.25, 0.3) is 0 Å². The molecule has 2 N–H and O–H groups in total. The molecule has 0 fully saturated rings. The van der Waals surface area contributed by atoms with Crippen molar-refractivity contribution in [1.82, 2.24) is 0 Å². The molecule has 0 aliphatic rings. The molecular weight excluding hydrogens is 348 g/mol. The lowest BCUT2D eigenvalue weighted by atomic mass is 10.2. The Kier molecular flexibility index (Phi) is 6.08. The Morgan fingerprint density at radius 3 is 2.44 bits per heavy atom. The fourth-order valence-electron chi connectivity index (χ4n) is 2.16. The minimum atomic E-state index is -1.11. The van der Waals surface area contributed by atoms with E-state index in [0.29, 0.717) is 28.5 Å².